The molecule has 1 amide bonds. The van der Waals surface area contributed by atoms with Gasteiger partial charge < -0.3 is 29.7 Å². The third-order valence-electron chi connectivity index (χ3n) is 6.26. The Bertz CT molecular complexity index is 974. The van der Waals surface area contributed by atoms with Crippen LogP contribution in [-0.4, -0.2) is 60.7 Å². The minimum atomic E-state index is -1.42. The van der Waals surface area contributed by atoms with Gasteiger partial charge in [-0.3, -0.25) is 4.79 Å². The zero-order valence-electron chi connectivity index (χ0n) is 20.0. The van der Waals surface area contributed by atoms with Crippen molar-refractivity contribution >= 4 is 11.9 Å². The summed E-state index contributed by atoms with van der Waals surface area (Å²) in [6, 6.07) is 11.7. The number of amides is 1. The molecule has 8 heteroatoms. The maximum Gasteiger partial charge on any atom is 0.326 e. The summed E-state index contributed by atoms with van der Waals surface area (Å²) >= 11 is 0. The number of hydrogen-bond acceptors (Lipinski definition) is 6. The van der Waals surface area contributed by atoms with E-state index in [0.717, 1.165) is 16.7 Å². The molecule has 0 radical (unpaired) electrons. The summed E-state index contributed by atoms with van der Waals surface area (Å²) in [5.41, 5.74) is 0.958. The summed E-state index contributed by atoms with van der Waals surface area (Å²) in [6.45, 7) is 3.95. The highest BCUT2D eigenvalue weighted by Gasteiger charge is 2.50. The van der Waals surface area contributed by atoms with Crippen LogP contribution < -0.4 is 14.8 Å². The molecule has 1 heterocycles. The first-order chi connectivity index (χ1) is 16.2. The molecule has 34 heavy (non-hydrogen) atoms. The van der Waals surface area contributed by atoms with E-state index in [-0.39, 0.29) is 12.3 Å². The third-order valence-corrected chi connectivity index (χ3v) is 6.26. The summed E-state index contributed by atoms with van der Waals surface area (Å²) < 4.78 is 16.6. The molecule has 0 bridgehead atoms. The van der Waals surface area contributed by atoms with E-state index in [4.69, 9.17) is 14.2 Å². The second kappa shape index (κ2) is 10.9. The topological polar surface area (TPSA) is 114 Å². The standard InChI is InChI=1S/C26H33NO7/c1-16(2)23(28)26(13-6-14-34-26)25(31)27-19(24(29)30)15-17-9-11-18(12-10-17)22-20(32-3)7-5-8-21(22)33-4/h5,7-12,16,19,23,28H,6,13-15H2,1-4H3,(H,27,31)(H,29,30)/t19-,23?,26?/m0/s1. The second-order valence-corrected chi connectivity index (χ2v) is 8.83. The first kappa shape index (κ1) is 25.5. The maximum absolute atomic E-state index is 13.1. The van der Waals surface area contributed by atoms with Gasteiger partial charge in [-0.15, -0.1) is 0 Å². The summed E-state index contributed by atoms with van der Waals surface area (Å²) in [4.78, 5) is 25.1. The van der Waals surface area contributed by atoms with E-state index in [1.165, 1.54) is 0 Å². The molecular formula is C26H33NO7. The zero-order chi connectivity index (χ0) is 24.9. The number of ether oxygens (including phenoxy) is 3. The Morgan fingerprint density at radius 3 is 2.18 bits per heavy atom. The normalized spacial score (nSPS) is 19.5. The minimum absolute atomic E-state index is 0.0816. The highest BCUT2D eigenvalue weighted by molar-refractivity contribution is 5.90. The molecule has 8 nitrogen and oxygen atoms in total. The van der Waals surface area contributed by atoms with Crippen LogP contribution in [0.5, 0.6) is 11.5 Å². The number of hydrogen-bond donors (Lipinski definition) is 3. The van der Waals surface area contributed by atoms with Crippen molar-refractivity contribution in [2.45, 2.75) is 50.9 Å². The Hall–Kier alpha value is -3.10. The van der Waals surface area contributed by atoms with Crippen LogP contribution >= 0.6 is 0 Å². The Balaban J connectivity index is 1.80. The molecule has 184 valence electrons. The highest BCUT2D eigenvalue weighted by atomic mass is 16.5. The summed E-state index contributed by atoms with van der Waals surface area (Å²) in [5, 5.41) is 23.0. The van der Waals surface area contributed by atoms with Crippen LogP contribution in [0.1, 0.15) is 32.3 Å². The lowest BCUT2D eigenvalue weighted by molar-refractivity contribution is -0.162. The Kier molecular flexibility index (Phi) is 8.17. The number of carboxylic acids is 1. The number of aliphatic hydroxyl groups is 1. The number of aliphatic hydroxyl groups excluding tert-OH is 1. The molecule has 1 aliphatic rings. The van der Waals surface area contributed by atoms with Crippen LogP contribution in [0.3, 0.4) is 0 Å². The molecule has 0 spiro atoms. The number of nitrogens with one attached hydrogen (secondary N) is 1. The molecule has 2 unspecified atom stereocenters. The van der Waals surface area contributed by atoms with Crippen molar-refractivity contribution in [3.63, 3.8) is 0 Å². The molecule has 0 aromatic heterocycles. The van der Waals surface area contributed by atoms with Gasteiger partial charge in [-0.1, -0.05) is 44.2 Å². The molecule has 1 saturated heterocycles. The van der Waals surface area contributed by atoms with Crippen molar-refractivity contribution in [1.29, 1.82) is 0 Å². The fourth-order valence-electron chi connectivity index (χ4n) is 4.41. The number of rotatable bonds is 10. The average molecular weight is 472 g/mol. The van der Waals surface area contributed by atoms with Gasteiger partial charge in [0.2, 0.25) is 0 Å². The molecule has 3 N–H and O–H groups in total. The Morgan fingerprint density at radius 1 is 1.09 bits per heavy atom. The van der Waals surface area contributed by atoms with E-state index < -0.39 is 29.6 Å². The lowest BCUT2D eigenvalue weighted by atomic mass is 9.85. The molecule has 3 atom stereocenters. The summed E-state index contributed by atoms with van der Waals surface area (Å²) in [5.74, 6) is -0.640. The molecule has 1 fully saturated rings. The monoisotopic (exact) mass is 471 g/mol. The van der Waals surface area contributed by atoms with E-state index in [9.17, 15) is 19.8 Å². The van der Waals surface area contributed by atoms with Gasteiger partial charge in [0.15, 0.2) is 5.60 Å². The van der Waals surface area contributed by atoms with Gasteiger partial charge in [0.25, 0.3) is 5.91 Å². The number of aliphatic carboxylic acids is 1. The minimum Gasteiger partial charge on any atom is -0.496 e. The first-order valence-corrected chi connectivity index (χ1v) is 11.4. The van der Waals surface area contributed by atoms with Gasteiger partial charge in [-0.2, -0.15) is 0 Å². The van der Waals surface area contributed by atoms with E-state index in [1.54, 1.807) is 28.1 Å². The molecule has 2 aromatic carbocycles. The maximum atomic E-state index is 13.1. The van der Waals surface area contributed by atoms with Gasteiger partial charge in [-0.25, -0.2) is 4.79 Å². The van der Waals surface area contributed by atoms with Crippen LogP contribution in [0.25, 0.3) is 11.1 Å². The molecular weight excluding hydrogens is 438 g/mol. The van der Waals surface area contributed by atoms with Gasteiger partial charge in [-0.05, 0) is 42.0 Å². The number of methoxy groups -OCH3 is 2. The molecule has 0 aliphatic carbocycles. The van der Waals surface area contributed by atoms with Crippen LogP contribution in [-0.2, 0) is 20.7 Å². The number of carbonyl (C=O) groups excluding carboxylic acids is 1. The molecule has 0 saturated carbocycles. The SMILES string of the molecule is COc1cccc(OC)c1-c1ccc(C[C@H](NC(=O)C2(C(O)C(C)C)CCCO2)C(=O)O)cc1. The van der Waals surface area contributed by atoms with Gasteiger partial charge in [0, 0.05) is 13.0 Å². The third kappa shape index (κ3) is 5.18. The van der Waals surface area contributed by atoms with Crippen molar-refractivity contribution in [1.82, 2.24) is 5.32 Å². The van der Waals surface area contributed by atoms with Crippen LogP contribution in [0.15, 0.2) is 42.5 Å². The lowest BCUT2D eigenvalue weighted by Crippen LogP contribution is -2.59. The Morgan fingerprint density at radius 2 is 1.71 bits per heavy atom. The average Bonchev–Trinajstić information content (AvgIpc) is 3.34. The molecule has 3 rings (SSSR count). The van der Waals surface area contributed by atoms with E-state index in [0.29, 0.717) is 30.9 Å². The van der Waals surface area contributed by atoms with Gasteiger partial charge in [0.05, 0.1) is 25.9 Å². The fourth-order valence-corrected chi connectivity index (χ4v) is 4.41. The molecule has 2 aromatic rings. The van der Waals surface area contributed by atoms with Crippen molar-refractivity contribution in [2.24, 2.45) is 5.92 Å². The van der Waals surface area contributed by atoms with E-state index in [1.807, 2.05) is 42.5 Å². The van der Waals surface area contributed by atoms with Crippen molar-refractivity contribution < 1.29 is 34.0 Å². The van der Waals surface area contributed by atoms with E-state index >= 15 is 0 Å². The zero-order valence-corrected chi connectivity index (χ0v) is 20.0. The van der Waals surface area contributed by atoms with Crippen molar-refractivity contribution in [3.05, 3.63) is 48.0 Å². The van der Waals surface area contributed by atoms with Gasteiger partial charge in [0.1, 0.15) is 17.5 Å². The molecule has 1 aliphatic heterocycles. The van der Waals surface area contributed by atoms with E-state index in [2.05, 4.69) is 5.32 Å². The van der Waals surface area contributed by atoms with Crippen LogP contribution in [0, 0.1) is 5.92 Å². The van der Waals surface area contributed by atoms with Crippen molar-refractivity contribution in [3.8, 4) is 22.6 Å². The fraction of sp³-hybridized carbons (Fsp3) is 0.462. The lowest BCUT2D eigenvalue weighted by Gasteiger charge is -2.35. The first-order valence-electron chi connectivity index (χ1n) is 11.4. The number of carbonyl (C=O) groups is 2. The van der Waals surface area contributed by atoms with Gasteiger partial charge >= 0.3 is 5.97 Å². The van der Waals surface area contributed by atoms with Crippen LogP contribution in [0.4, 0.5) is 0 Å². The summed E-state index contributed by atoms with van der Waals surface area (Å²) in [6.07, 6.45) is 0.0284. The second-order valence-electron chi connectivity index (χ2n) is 8.83. The smallest absolute Gasteiger partial charge is 0.326 e. The predicted molar refractivity (Wildman–Crippen MR) is 127 cm³/mol. The predicted octanol–water partition coefficient (Wildman–Crippen LogP) is 3.05. The number of benzene rings is 2. The quantitative estimate of drug-likeness (QED) is 0.488. The Labute approximate surface area is 199 Å². The van der Waals surface area contributed by atoms with Crippen molar-refractivity contribution in [2.75, 3.05) is 20.8 Å². The van der Waals surface area contributed by atoms with Crippen LogP contribution in [0.2, 0.25) is 0 Å². The summed E-state index contributed by atoms with van der Waals surface area (Å²) in [7, 11) is 3.17. The highest BCUT2D eigenvalue weighted by Crippen LogP contribution is 2.38. The number of carboxylic acid groups (broad SMARTS) is 1. The largest absolute Gasteiger partial charge is 0.496 e.